The quantitative estimate of drug-likeness (QED) is 0.618. The molecule has 0 spiro atoms. The Labute approximate surface area is 166 Å². The fourth-order valence-corrected chi connectivity index (χ4v) is 3.13. The molecule has 2 aromatic rings. The van der Waals surface area contributed by atoms with Crippen LogP contribution >= 0.6 is 27.5 Å². The van der Waals surface area contributed by atoms with Gasteiger partial charge < -0.3 is 15.8 Å². The van der Waals surface area contributed by atoms with E-state index < -0.39 is 5.91 Å². The molecular weight excluding hydrogens is 420 g/mol. The summed E-state index contributed by atoms with van der Waals surface area (Å²) in [6.07, 6.45) is 0.786. The molecule has 0 aliphatic heterocycles. The van der Waals surface area contributed by atoms with Crippen molar-refractivity contribution >= 4 is 45.0 Å². The number of para-hydroxylation sites is 1. The second-order valence-electron chi connectivity index (χ2n) is 5.85. The molecule has 5 nitrogen and oxygen atoms in total. The molecule has 0 fully saturated rings. The number of anilines is 1. The highest BCUT2D eigenvalue weighted by molar-refractivity contribution is 9.10. The summed E-state index contributed by atoms with van der Waals surface area (Å²) in [4.78, 5) is 23.4. The first-order valence-electron chi connectivity index (χ1n) is 8.08. The first-order chi connectivity index (χ1) is 12.3. The van der Waals surface area contributed by atoms with Crippen molar-refractivity contribution in [2.24, 2.45) is 5.73 Å². The topological polar surface area (TPSA) is 81.4 Å². The van der Waals surface area contributed by atoms with Gasteiger partial charge in [0, 0.05) is 11.4 Å². The lowest BCUT2D eigenvalue weighted by Crippen LogP contribution is -2.18. The minimum atomic E-state index is -0.581. The molecule has 26 heavy (non-hydrogen) atoms. The molecule has 0 saturated heterocycles. The van der Waals surface area contributed by atoms with Gasteiger partial charge in [0.1, 0.15) is 5.75 Å². The van der Waals surface area contributed by atoms with Crippen molar-refractivity contribution < 1.29 is 14.3 Å². The zero-order valence-electron chi connectivity index (χ0n) is 14.6. The number of primary amides is 1. The van der Waals surface area contributed by atoms with Crippen molar-refractivity contribution in [3.05, 3.63) is 56.5 Å². The predicted molar refractivity (Wildman–Crippen MR) is 107 cm³/mol. The summed E-state index contributed by atoms with van der Waals surface area (Å²) in [5, 5.41) is 3.41. The SMILES string of the molecule is Cc1cc(OCCCC(=O)Nc2ccccc2C(N)=O)c(Br)c(C)c1Cl. The molecule has 7 heteroatoms. The van der Waals surface area contributed by atoms with Crippen molar-refractivity contribution in [2.75, 3.05) is 11.9 Å². The number of hydrogen-bond donors (Lipinski definition) is 2. The Morgan fingerprint density at radius 1 is 1.27 bits per heavy atom. The third kappa shape index (κ3) is 4.99. The average Bonchev–Trinajstić information content (AvgIpc) is 2.61. The summed E-state index contributed by atoms with van der Waals surface area (Å²) in [6, 6.07) is 8.50. The number of benzene rings is 2. The van der Waals surface area contributed by atoms with Gasteiger partial charge in [-0.3, -0.25) is 9.59 Å². The first kappa shape index (κ1) is 20.3. The Kier molecular flexibility index (Phi) is 7.06. The van der Waals surface area contributed by atoms with E-state index in [-0.39, 0.29) is 17.9 Å². The summed E-state index contributed by atoms with van der Waals surface area (Å²) < 4.78 is 6.57. The van der Waals surface area contributed by atoms with Crippen molar-refractivity contribution in [1.82, 2.24) is 0 Å². The molecule has 0 aromatic heterocycles. The van der Waals surface area contributed by atoms with Gasteiger partial charge in [-0.25, -0.2) is 0 Å². The van der Waals surface area contributed by atoms with Crippen molar-refractivity contribution in [1.29, 1.82) is 0 Å². The zero-order chi connectivity index (χ0) is 19.3. The molecule has 0 saturated carbocycles. The largest absolute Gasteiger partial charge is 0.492 e. The van der Waals surface area contributed by atoms with E-state index in [0.717, 1.165) is 15.6 Å². The second-order valence-corrected chi connectivity index (χ2v) is 7.03. The van der Waals surface area contributed by atoms with E-state index in [9.17, 15) is 9.59 Å². The molecule has 0 atom stereocenters. The maximum Gasteiger partial charge on any atom is 0.250 e. The van der Waals surface area contributed by atoms with E-state index in [1.54, 1.807) is 24.3 Å². The number of hydrogen-bond acceptors (Lipinski definition) is 3. The van der Waals surface area contributed by atoms with Crippen LogP contribution in [0.15, 0.2) is 34.8 Å². The van der Waals surface area contributed by atoms with Gasteiger partial charge in [-0.05, 0) is 65.5 Å². The Bertz CT molecular complexity index is 840. The molecule has 0 aliphatic carbocycles. The van der Waals surface area contributed by atoms with Crippen LogP contribution < -0.4 is 15.8 Å². The molecule has 3 N–H and O–H groups in total. The highest BCUT2D eigenvalue weighted by atomic mass is 79.9. The van der Waals surface area contributed by atoms with E-state index in [1.807, 2.05) is 19.9 Å². The minimum Gasteiger partial charge on any atom is -0.492 e. The molecule has 2 aromatic carbocycles. The van der Waals surface area contributed by atoms with Crippen LogP contribution in [-0.4, -0.2) is 18.4 Å². The molecule has 2 rings (SSSR count). The van der Waals surface area contributed by atoms with Crippen molar-refractivity contribution in [3.63, 3.8) is 0 Å². The number of amides is 2. The number of rotatable bonds is 7. The summed E-state index contributed by atoms with van der Waals surface area (Å²) in [6.45, 7) is 4.21. The third-order valence-corrected chi connectivity index (χ3v) is 5.41. The Balaban J connectivity index is 1.88. The number of carbonyl (C=O) groups excluding carboxylic acids is 2. The van der Waals surface area contributed by atoms with Crippen LogP contribution in [0.1, 0.15) is 34.3 Å². The number of aryl methyl sites for hydroxylation is 1. The number of nitrogens with two attached hydrogens (primary N) is 1. The molecule has 0 bridgehead atoms. The number of nitrogens with one attached hydrogen (secondary N) is 1. The maximum absolute atomic E-state index is 12.1. The summed E-state index contributed by atoms with van der Waals surface area (Å²) in [5.74, 6) is -0.0868. The minimum absolute atomic E-state index is 0.204. The zero-order valence-corrected chi connectivity index (χ0v) is 16.9. The van der Waals surface area contributed by atoms with Crippen LogP contribution in [0.3, 0.4) is 0 Å². The summed E-state index contributed by atoms with van der Waals surface area (Å²) in [5.41, 5.74) is 7.85. The standard InChI is InChI=1S/C19H20BrClN2O3/c1-11-10-15(17(20)12(2)18(11)21)26-9-5-8-16(24)23-14-7-4-3-6-13(14)19(22)25/h3-4,6-7,10H,5,8-9H2,1-2H3,(H2,22,25)(H,23,24). The smallest absolute Gasteiger partial charge is 0.250 e. The van der Waals surface area contributed by atoms with Crippen LogP contribution in [0.4, 0.5) is 5.69 Å². The molecule has 0 heterocycles. The van der Waals surface area contributed by atoms with E-state index >= 15 is 0 Å². The Morgan fingerprint density at radius 2 is 1.96 bits per heavy atom. The van der Waals surface area contributed by atoms with Gasteiger partial charge in [-0.2, -0.15) is 0 Å². The van der Waals surface area contributed by atoms with Gasteiger partial charge in [0.05, 0.1) is 22.3 Å². The lowest BCUT2D eigenvalue weighted by atomic mass is 10.1. The van der Waals surface area contributed by atoms with Crippen LogP contribution in [0.2, 0.25) is 5.02 Å². The third-order valence-electron chi connectivity index (χ3n) is 3.84. The van der Waals surface area contributed by atoms with E-state index in [2.05, 4.69) is 21.2 Å². The van der Waals surface area contributed by atoms with Gasteiger partial charge >= 0.3 is 0 Å². The molecule has 2 amide bonds. The van der Waals surface area contributed by atoms with Gasteiger partial charge in [-0.15, -0.1) is 0 Å². The maximum atomic E-state index is 12.1. The Morgan fingerprint density at radius 3 is 2.65 bits per heavy atom. The average molecular weight is 440 g/mol. The van der Waals surface area contributed by atoms with Gasteiger partial charge in [-0.1, -0.05) is 23.7 Å². The Hall–Kier alpha value is -2.05. The molecule has 138 valence electrons. The van der Waals surface area contributed by atoms with Gasteiger partial charge in [0.2, 0.25) is 5.91 Å². The highest BCUT2D eigenvalue weighted by Gasteiger charge is 2.12. The molecule has 0 aliphatic rings. The number of halogens is 2. The summed E-state index contributed by atoms with van der Waals surface area (Å²) in [7, 11) is 0. The summed E-state index contributed by atoms with van der Waals surface area (Å²) >= 11 is 9.68. The van der Waals surface area contributed by atoms with Crippen LogP contribution in [0.5, 0.6) is 5.75 Å². The van der Waals surface area contributed by atoms with Crippen LogP contribution in [0.25, 0.3) is 0 Å². The fourth-order valence-electron chi connectivity index (χ4n) is 2.44. The number of ether oxygens (including phenoxy) is 1. The lowest BCUT2D eigenvalue weighted by Gasteiger charge is -2.13. The monoisotopic (exact) mass is 438 g/mol. The predicted octanol–water partition coefficient (Wildman–Crippen LogP) is 4.62. The van der Waals surface area contributed by atoms with E-state index in [1.165, 1.54) is 0 Å². The van der Waals surface area contributed by atoms with Crippen molar-refractivity contribution in [3.8, 4) is 5.75 Å². The fraction of sp³-hybridized carbons (Fsp3) is 0.263. The molecule has 0 radical (unpaired) electrons. The first-order valence-corrected chi connectivity index (χ1v) is 9.25. The highest BCUT2D eigenvalue weighted by Crippen LogP contribution is 2.35. The molecular formula is C19H20BrClN2O3. The number of carbonyl (C=O) groups is 2. The van der Waals surface area contributed by atoms with Gasteiger partial charge in [0.25, 0.3) is 5.91 Å². The van der Waals surface area contributed by atoms with Gasteiger partial charge in [0.15, 0.2) is 0 Å². The lowest BCUT2D eigenvalue weighted by molar-refractivity contribution is -0.116. The molecule has 0 unspecified atom stereocenters. The van der Waals surface area contributed by atoms with E-state index in [0.29, 0.717) is 29.5 Å². The van der Waals surface area contributed by atoms with E-state index in [4.69, 9.17) is 22.1 Å². The van der Waals surface area contributed by atoms with Crippen molar-refractivity contribution in [2.45, 2.75) is 26.7 Å². The second kappa shape index (κ2) is 9.05. The van der Waals surface area contributed by atoms with Crippen LogP contribution in [-0.2, 0) is 4.79 Å². The normalized spacial score (nSPS) is 10.5. The van der Waals surface area contributed by atoms with Crippen LogP contribution in [0, 0.1) is 13.8 Å².